The number of thiocarbonyl (C=S) groups is 1. The van der Waals surface area contributed by atoms with Crippen LogP contribution >= 0.6 is 12.2 Å². The lowest BCUT2D eigenvalue weighted by Gasteiger charge is -2.29. The van der Waals surface area contributed by atoms with E-state index in [9.17, 15) is 9.18 Å². The van der Waals surface area contributed by atoms with Gasteiger partial charge in [-0.1, -0.05) is 32.9 Å². The van der Waals surface area contributed by atoms with E-state index in [2.05, 4.69) is 31.2 Å². The van der Waals surface area contributed by atoms with E-state index >= 15 is 0 Å². The Morgan fingerprint density at radius 1 is 1.05 bits per heavy atom. The van der Waals surface area contributed by atoms with Crippen LogP contribution in [0.3, 0.4) is 0 Å². The van der Waals surface area contributed by atoms with Gasteiger partial charge in [0.2, 0.25) is 5.91 Å². The van der Waals surface area contributed by atoms with E-state index < -0.39 is 5.41 Å². The van der Waals surface area contributed by atoms with Crippen molar-refractivity contribution in [3.8, 4) is 11.4 Å². The lowest BCUT2D eigenvalue weighted by atomic mass is 9.95. The Hall–Kier alpha value is -4.24. The first-order valence-corrected chi connectivity index (χ1v) is 13.9. The van der Waals surface area contributed by atoms with Crippen LogP contribution in [0, 0.1) is 25.1 Å². The molecule has 1 saturated heterocycles. The summed E-state index contributed by atoms with van der Waals surface area (Å²) >= 11 is 5.92. The fraction of sp³-hybridized carbons (Fsp3) is 0.281. The van der Waals surface area contributed by atoms with Crippen LogP contribution in [0.4, 0.5) is 15.8 Å². The van der Waals surface area contributed by atoms with Crippen molar-refractivity contribution in [2.45, 2.75) is 46.7 Å². The number of hydrogen-bond acceptors (Lipinski definition) is 4. The second-order valence-corrected chi connectivity index (χ2v) is 11.6. The van der Waals surface area contributed by atoms with Crippen molar-refractivity contribution in [1.29, 1.82) is 0 Å². The predicted molar refractivity (Wildman–Crippen MR) is 164 cm³/mol. The molecule has 1 amide bonds. The molecule has 2 aromatic carbocycles. The van der Waals surface area contributed by atoms with Crippen LogP contribution in [0.2, 0.25) is 0 Å². The van der Waals surface area contributed by atoms with Gasteiger partial charge in [-0.3, -0.25) is 9.78 Å². The summed E-state index contributed by atoms with van der Waals surface area (Å²) in [5.41, 5.74) is 5.38. The Kier molecular flexibility index (Phi) is 7.57. The second-order valence-electron chi connectivity index (χ2n) is 11.2. The van der Waals surface area contributed by atoms with Gasteiger partial charge in [-0.25, -0.2) is 4.39 Å². The van der Waals surface area contributed by atoms with Gasteiger partial charge in [0.1, 0.15) is 11.6 Å². The maximum Gasteiger partial charge on any atom is 0.229 e. The molecule has 5 rings (SSSR count). The van der Waals surface area contributed by atoms with E-state index in [0.29, 0.717) is 16.5 Å². The highest BCUT2D eigenvalue weighted by Crippen LogP contribution is 2.45. The molecule has 1 aliphatic rings. The predicted octanol–water partition coefficient (Wildman–Crippen LogP) is 6.80. The molecule has 1 aliphatic heterocycles. The van der Waals surface area contributed by atoms with Crippen molar-refractivity contribution in [3.63, 3.8) is 0 Å². The van der Waals surface area contributed by atoms with Crippen molar-refractivity contribution in [2.75, 3.05) is 17.3 Å². The van der Waals surface area contributed by atoms with Gasteiger partial charge in [-0.15, -0.1) is 0 Å². The molecule has 0 aliphatic carbocycles. The van der Waals surface area contributed by atoms with Gasteiger partial charge in [0.25, 0.3) is 0 Å². The minimum atomic E-state index is -0.560. The quantitative estimate of drug-likeness (QED) is 0.248. The minimum absolute atomic E-state index is 0.111. The number of nitrogens with zero attached hydrogens (tertiary/aromatic N) is 3. The van der Waals surface area contributed by atoms with Crippen molar-refractivity contribution >= 4 is 34.6 Å². The topological polar surface area (TPSA) is 71.4 Å². The number of rotatable bonds is 6. The van der Waals surface area contributed by atoms with Gasteiger partial charge in [0.05, 0.1) is 30.6 Å². The molecule has 0 unspecified atom stereocenters. The van der Waals surface area contributed by atoms with E-state index in [-0.39, 0.29) is 23.8 Å². The number of carbonyl (C=O) groups excluding carboxylic acids is 1. The number of halogens is 1. The Balaban J connectivity index is 1.63. The van der Waals surface area contributed by atoms with Crippen LogP contribution in [0.25, 0.3) is 5.69 Å². The smallest absolute Gasteiger partial charge is 0.229 e. The first kappa shape index (κ1) is 28.3. The summed E-state index contributed by atoms with van der Waals surface area (Å²) in [7, 11) is 1.58. The third-order valence-corrected chi connectivity index (χ3v) is 7.66. The number of aromatic nitrogens is 2. The highest BCUT2D eigenvalue weighted by Gasteiger charge is 2.42. The number of nitrogens with one attached hydrogen (secondary N) is 2. The molecular weight excluding hydrogens is 537 g/mol. The van der Waals surface area contributed by atoms with Crippen molar-refractivity contribution < 1.29 is 13.9 Å². The molecule has 41 heavy (non-hydrogen) atoms. The van der Waals surface area contributed by atoms with Gasteiger partial charge >= 0.3 is 0 Å². The molecule has 9 heteroatoms. The number of anilines is 2. The fourth-order valence-corrected chi connectivity index (χ4v) is 5.64. The molecule has 2 aromatic heterocycles. The second kappa shape index (κ2) is 11.0. The molecule has 1 fully saturated rings. The third-order valence-electron chi connectivity index (χ3n) is 7.35. The van der Waals surface area contributed by atoms with Crippen LogP contribution < -0.4 is 20.3 Å². The monoisotopic (exact) mass is 571 g/mol. The molecular formula is C32H34FN5O2S. The van der Waals surface area contributed by atoms with E-state index in [1.165, 1.54) is 12.1 Å². The number of ether oxygens (including phenoxy) is 1. The number of benzene rings is 2. The summed E-state index contributed by atoms with van der Waals surface area (Å²) in [6, 6.07) is 19.6. The molecule has 2 N–H and O–H groups in total. The lowest BCUT2D eigenvalue weighted by molar-refractivity contribution is -0.123. The van der Waals surface area contributed by atoms with Crippen molar-refractivity contribution in [1.82, 2.24) is 14.9 Å². The minimum Gasteiger partial charge on any atom is -0.494 e. The van der Waals surface area contributed by atoms with E-state index in [1.807, 2.05) is 77.1 Å². The average Bonchev–Trinajstić information content (AvgIpc) is 3.43. The zero-order valence-electron chi connectivity index (χ0n) is 24.0. The standard InChI is InChI=1S/C32H34FN5O2S/c1-19-16-24(20(2)37(19)22-11-9-10-21(33)17-22)29-28(26-12-7-8-15-34-26)36-31(41)38(29)23-13-14-25(27(18-23)40-6)35-30(39)32(3,4)5/h7-18,28-29H,1-6H3,(H,35,39)(H,36,41)/t28-,29+/m0/s1. The first-order chi connectivity index (χ1) is 19.5. The zero-order valence-corrected chi connectivity index (χ0v) is 24.8. The Bertz CT molecular complexity index is 1610. The van der Waals surface area contributed by atoms with Crippen molar-refractivity contribution in [2.24, 2.45) is 5.41 Å². The van der Waals surface area contributed by atoms with E-state index in [4.69, 9.17) is 17.0 Å². The van der Waals surface area contributed by atoms with E-state index in [1.54, 1.807) is 19.4 Å². The molecule has 0 saturated carbocycles. The summed E-state index contributed by atoms with van der Waals surface area (Å²) in [6.07, 6.45) is 1.77. The molecule has 0 bridgehead atoms. The first-order valence-electron chi connectivity index (χ1n) is 13.4. The highest BCUT2D eigenvalue weighted by molar-refractivity contribution is 7.80. The van der Waals surface area contributed by atoms with Gasteiger partial charge in [-0.05, 0) is 80.2 Å². The summed E-state index contributed by atoms with van der Waals surface area (Å²) in [4.78, 5) is 19.4. The van der Waals surface area contributed by atoms with Crippen LogP contribution in [0.1, 0.15) is 55.5 Å². The maximum absolute atomic E-state index is 14.2. The molecule has 212 valence electrons. The van der Waals surface area contributed by atoms with Crippen LogP contribution in [0.15, 0.2) is 72.9 Å². The number of amides is 1. The SMILES string of the molecule is COc1cc(N2C(=S)N[C@@H](c3ccccn3)[C@H]2c2cc(C)n(-c3cccc(F)c3)c2C)ccc1NC(=O)C(C)(C)C. The molecule has 0 radical (unpaired) electrons. The number of methoxy groups -OCH3 is 1. The molecule has 7 nitrogen and oxygen atoms in total. The normalized spacial score (nSPS) is 17.0. The van der Waals surface area contributed by atoms with Crippen LogP contribution in [-0.4, -0.2) is 27.7 Å². The maximum atomic E-state index is 14.2. The largest absolute Gasteiger partial charge is 0.494 e. The number of hydrogen-bond donors (Lipinski definition) is 2. The number of carbonyl (C=O) groups is 1. The van der Waals surface area contributed by atoms with Gasteiger partial charge in [0.15, 0.2) is 5.11 Å². The van der Waals surface area contributed by atoms with Crippen molar-refractivity contribution in [3.05, 3.63) is 101 Å². The van der Waals surface area contributed by atoms with Crippen LogP contribution in [0.5, 0.6) is 5.75 Å². The average molecular weight is 572 g/mol. The van der Waals surface area contributed by atoms with E-state index in [0.717, 1.165) is 34.0 Å². The van der Waals surface area contributed by atoms with Crippen LogP contribution in [-0.2, 0) is 4.79 Å². The summed E-state index contributed by atoms with van der Waals surface area (Å²) in [6.45, 7) is 9.63. The summed E-state index contributed by atoms with van der Waals surface area (Å²) < 4.78 is 22.0. The Morgan fingerprint density at radius 3 is 2.49 bits per heavy atom. The Labute approximate surface area is 245 Å². The summed E-state index contributed by atoms with van der Waals surface area (Å²) in [5, 5.41) is 7.00. The van der Waals surface area contributed by atoms with Gasteiger partial charge in [-0.2, -0.15) is 0 Å². The number of aryl methyl sites for hydroxylation is 1. The Morgan fingerprint density at radius 2 is 1.83 bits per heavy atom. The summed E-state index contributed by atoms with van der Waals surface area (Å²) in [5.74, 6) is 0.118. The molecule has 0 spiro atoms. The molecule has 4 aromatic rings. The zero-order chi connectivity index (χ0) is 29.5. The molecule has 2 atom stereocenters. The van der Waals surface area contributed by atoms with Gasteiger partial charge < -0.3 is 24.8 Å². The number of pyridine rings is 1. The third kappa shape index (κ3) is 5.41. The lowest BCUT2D eigenvalue weighted by Crippen LogP contribution is -2.30. The molecule has 3 heterocycles. The van der Waals surface area contributed by atoms with Gasteiger partial charge in [0, 0.05) is 40.4 Å². The fourth-order valence-electron chi connectivity index (χ4n) is 5.29. The highest BCUT2D eigenvalue weighted by atomic mass is 32.1.